The molecule has 0 aliphatic carbocycles. The Hall–Kier alpha value is -1.68. The summed E-state index contributed by atoms with van der Waals surface area (Å²) in [5, 5.41) is 0. The number of benzene rings is 1. The van der Waals surface area contributed by atoms with Crippen molar-refractivity contribution >= 4 is 16.8 Å². The lowest BCUT2D eigenvalue weighted by molar-refractivity contribution is -0.122. The Labute approximate surface area is 100 Å². The number of methoxy groups -OCH3 is 1. The molecule has 1 aromatic carbocycles. The van der Waals surface area contributed by atoms with Crippen LogP contribution < -0.4 is 0 Å². The van der Waals surface area contributed by atoms with Crippen LogP contribution in [0.25, 0.3) is 11.0 Å². The Morgan fingerprint density at radius 3 is 2.88 bits per heavy atom. The zero-order valence-corrected chi connectivity index (χ0v) is 10.1. The van der Waals surface area contributed by atoms with Gasteiger partial charge in [0.05, 0.1) is 17.5 Å². The summed E-state index contributed by atoms with van der Waals surface area (Å²) in [5.41, 5.74) is 2.02. The minimum Gasteiger partial charge on any atom is -0.377 e. The van der Waals surface area contributed by atoms with E-state index in [0.717, 1.165) is 23.4 Å². The Morgan fingerprint density at radius 1 is 1.41 bits per heavy atom. The number of aromatic nitrogens is 2. The van der Waals surface area contributed by atoms with Crippen LogP contribution in [-0.4, -0.2) is 29.1 Å². The maximum atomic E-state index is 11.6. The van der Waals surface area contributed by atoms with Crippen molar-refractivity contribution in [2.75, 3.05) is 13.7 Å². The van der Waals surface area contributed by atoms with Gasteiger partial charge < -0.3 is 9.30 Å². The first-order valence-electron chi connectivity index (χ1n) is 5.71. The molecule has 0 amide bonds. The summed E-state index contributed by atoms with van der Waals surface area (Å²) in [4.78, 5) is 16.1. The van der Waals surface area contributed by atoms with Crippen LogP contribution in [0.2, 0.25) is 0 Å². The standard InChI is InChI=1S/C13H16N2O2/c1-3-15-12-7-5-4-6-11(12)14-13(15)8-10(16)9-17-2/h4-7H,3,8-9H2,1-2H3. The fraction of sp³-hybridized carbons (Fsp3) is 0.385. The van der Waals surface area contributed by atoms with E-state index < -0.39 is 0 Å². The highest BCUT2D eigenvalue weighted by molar-refractivity contribution is 5.83. The maximum Gasteiger partial charge on any atom is 0.165 e. The topological polar surface area (TPSA) is 44.1 Å². The molecule has 0 fully saturated rings. The van der Waals surface area contributed by atoms with Gasteiger partial charge in [-0.1, -0.05) is 12.1 Å². The zero-order valence-electron chi connectivity index (χ0n) is 10.1. The summed E-state index contributed by atoms with van der Waals surface area (Å²) in [6.45, 7) is 3.02. The van der Waals surface area contributed by atoms with Crippen LogP contribution in [0.4, 0.5) is 0 Å². The molecule has 0 saturated carbocycles. The molecule has 17 heavy (non-hydrogen) atoms. The van der Waals surface area contributed by atoms with Crippen LogP contribution >= 0.6 is 0 Å². The van der Waals surface area contributed by atoms with E-state index in [-0.39, 0.29) is 12.4 Å². The second-order valence-corrected chi connectivity index (χ2v) is 3.91. The molecule has 4 heteroatoms. The molecular weight excluding hydrogens is 216 g/mol. The van der Waals surface area contributed by atoms with Gasteiger partial charge in [-0.15, -0.1) is 0 Å². The van der Waals surface area contributed by atoms with Crippen molar-refractivity contribution < 1.29 is 9.53 Å². The molecule has 90 valence electrons. The van der Waals surface area contributed by atoms with Gasteiger partial charge in [0.2, 0.25) is 0 Å². The number of ketones is 1. The molecule has 0 radical (unpaired) electrons. The molecule has 0 aliphatic heterocycles. The third-order valence-corrected chi connectivity index (χ3v) is 2.71. The number of nitrogens with zero attached hydrogens (tertiary/aromatic N) is 2. The number of carbonyl (C=O) groups excluding carboxylic acids is 1. The van der Waals surface area contributed by atoms with Gasteiger partial charge in [-0.05, 0) is 19.1 Å². The van der Waals surface area contributed by atoms with E-state index >= 15 is 0 Å². The molecule has 1 aromatic heterocycles. The van der Waals surface area contributed by atoms with Gasteiger partial charge >= 0.3 is 0 Å². The average Bonchev–Trinajstić information content (AvgIpc) is 2.66. The van der Waals surface area contributed by atoms with Crippen molar-refractivity contribution in [3.05, 3.63) is 30.1 Å². The predicted molar refractivity (Wildman–Crippen MR) is 66.0 cm³/mol. The number of para-hydroxylation sites is 2. The highest BCUT2D eigenvalue weighted by atomic mass is 16.5. The van der Waals surface area contributed by atoms with Crippen molar-refractivity contribution in [1.82, 2.24) is 9.55 Å². The van der Waals surface area contributed by atoms with Gasteiger partial charge in [0, 0.05) is 13.7 Å². The van der Waals surface area contributed by atoms with E-state index in [4.69, 9.17) is 4.74 Å². The number of aryl methyl sites for hydroxylation is 1. The maximum absolute atomic E-state index is 11.6. The Kier molecular flexibility index (Phi) is 3.54. The van der Waals surface area contributed by atoms with Crippen LogP contribution in [0.3, 0.4) is 0 Å². The van der Waals surface area contributed by atoms with E-state index in [1.807, 2.05) is 24.3 Å². The van der Waals surface area contributed by atoms with Crippen LogP contribution in [0.1, 0.15) is 12.7 Å². The third kappa shape index (κ3) is 2.36. The van der Waals surface area contributed by atoms with Gasteiger partial charge in [0.1, 0.15) is 12.4 Å². The first-order chi connectivity index (χ1) is 8.26. The Balaban J connectivity index is 2.36. The smallest absolute Gasteiger partial charge is 0.165 e. The van der Waals surface area contributed by atoms with E-state index in [1.54, 1.807) is 0 Å². The first-order valence-corrected chi connectivity index (χ1v) is 5.71. The molecule has 0 spiro atoms. The van der Waals surface area contributed by atoms with E-state index in [1.165, 1.54) is 7.11 Å². The molecule has 0 unspecified atom stereocenters. The average molecular weight is 232 g/mol. The van der Waals surface area contributed by atoms with Crippen LogP contribution in [-0.2, 0) is 22.5 Å². The molecular formula is C13H16N2O2. The SMILES string of the molecule is CCn1c(CC(=O)COC)nc2ccccc21. The number of fused-ring (bicyclic) bond motifs is 1. The molecule has 0 aliphatic rings. The molecule has 0 atom stereocenters. The highest BCUT2D eigenvalue weighted by Gasteiger charge is 2.12. The van der Waals surface area contributed by atoms with E-state index in [9.17, 15) is 4.79 Å². The normalized spacial score (nSPS) is 10.9. The number of imidazole rings is 1. The lowest BCUT2D eigenvalue weighted by Gasteiger charge is -2.04. The predicted octanol–water partition coefficient (Wildman–Crippen LogP) is 1.81. The Bertz CT molecular complexity index is 531. The summed E-state index contributed by atoms with van der Waals surface area (Å²) in [5.74, 6) is 0.869. The fourth-order valence-corrected chi connectivity index (χ4v) is 2.00. The van der Waals surface area contributed by atoms with E-state index in [2.05, 4.69) is 16.5 Å². The van der Waals surface area contributed by atoms with Gasteiger partial charge in [-0.2, -0.15) is 0 Å². The van der Waals surface area contributed by atoms with Crippen molar-refractivity contribution in [3.63, 3.8) is 0 Å². The lowest BCUT2D eigenvalue weighted by atomic mass is 10.3. The number of hydrogen-bond donors (Lipinski definition) is 0. The van der Waals surface area contributed by atoms with Crippen molar-refractivity contribution in [2.24, 2.45) is 0 Å². The minimum atomic E-state index is 0.0532. The summed E-state index contributed by atoms with van der Waals surface area (Å²) in [6.07, 6.45) is 0.330. The summed E-state index contributed by atoms with van der Waals surface area (Å²) in [6, 6.07) is 7.93. The fourth-order valence-electron chi connectivity index (χ4n) is 2.00. The summed E-state index contributed by atoms with van der Waals surface area (Å²) < 4.78 is 6.91. The van der Waals surface area contributed by atoms with Gasteiger partial charge in [0.15, 0.2) is 5.78 Å². The molecule has 2 aromatic rings. The summed E-state index contributed by atoms with van der Waals surface area (Å²) in [7, 11) is 1.53. The van der Waals surface area contributed by atoms with Crippen LogP contribution in [0.15, 0.2) is 24.3 Å². The second-order valence-electron chi connectivity index (χ2n) is 3.91. The quantitative estimate of drug-likeness (QED) is 0.789. The van der Waals surface area contributed by atoms with Crippen molar-refractivity contribution in [2.45, 2.75) is 19.9 Å². The minimum absolute atomic E-state index is 0.0532. The van der Waals surface area contributed by atoms with Crippen LogP contribution in [0, 0.1) is 0 Å². The van der Waals surface area contributed by atoms with Gasteiger partial charge in [0.25, 0.3) is 0 Å². The lowest BCUT2D eigenvalue weighted by Crippen LogP contribution is -2.13. The Morgan fingerprint density at radius 2 is 2.18 bits per heavy atom. The molecule has 4 nitrogen and oxygen atoms in total. The van der Waals surface area contributed by atoms with E-state index in [0.29, 0.717) is 6.42 Å². The molecule has 0 bridgehead atoms. The second kappa shape index (κ2) is 5.10. The number of carbonyl (C=O) groups is 1. The first kappa shape index (κ1) is 11.8. The van der Waals surface area contributed by atoms with Gasteiger partial charge in [-0.3, -0.25) is 4.79 Å². The number of Topliss-reactive ketones (excluding diaryl/α,β-unsaturated/α-hetero) is 1. The largest absolute Gasteiger partial charge is 0.377 e. The number of hydrogen-bond acceptors (Lipinski definition) is 3. The third-order valence-electron chi connectivity index (χ3n) is 2.71. The zero-order chi connectivity index (χ0) is 12.3. The van der Waals surface area contributed by atoms with Crippen molar-refractivity contribution in [1.29, 1.82) is 0 Å². The van der Waals surface area contributed by atoms with Crippen LogP contribution in [0.5, 0.6) is 0 Å². The number of ether oxygens (including phenoxy) is 1. The summed E-state index contributed by atoms with van der Waals surface area (Å²) >= 11 is 0. The monoisotopic (exact) mass is 232 g/mol. The molecule has 1 heterocycles. The molecule has 2 rings (SSSR count). The van der Waals surface area contributed by atoms with Gasteiger partial charge in [-0.25, -0.2) is 4.98 Å². The molecule has 0 saturated heterocycles. The van der Waals surface area contributed by atoms with Crippen molar-refractivity contribution in [3.8, 4) is 0 Å². The number of rotatable bonds is 5. The molecule has 0 N–H and O–H groups in total. The highest BCUT2D eigenvalue weighted by Crippen LogP contribution is 2.16.